The van der Waals surface area contributed by atoms with E-state index in [0.29, 0.717) is 55.1 Å². The van der Waals surface area contributed by atoms with Gasteiger partial charge in [-0.15, -0.1) is 0 Å². The normalized spacial score (nSPS) is 15.4. The third kappa shape index (κ3) is 6.02. The van der Waals surface area contributed by atoms with E-state index in [1.54, 1.807) is 54.1 Å². The number of hydrogen-bond donors (Lipinski definition) is 0. The summed E-state index contributed by atoms with van der Waals surface area (Å²) in [5.41, 5.74) is 2.21. The molecule has 1 saturated heterocycles. The van der Waals surface area contributed by atoms with Gasteiger partial charge in [-0.3, -0.25) is 4.68 Å². The molecular weight excluding hydrogens is 475 g/mol. The summed E-state index contributed by atoms with van der Waals surface area (Å²) in [5.74, 6) is 7.92. The van der Waals surface area contributed by atoms with Crippen molar-refractivity contribution in [2.75, 3.05) is 49.3 Å². The molecule has 12 heteroatoms. The summed E-state index contributed by atoms with van der Waals surface area (Å²) in [5, 5.41) is 4.13. The molecule has 5 heterocycles. The highest BCUT2D eigenvalue weighted by Gasteiger charge is 2.30. The van der Waals surface area contributed by atoms with E-state index >= 15 is 0 Å². The molecule has 4 aromatic rings. The number of halogens is 1. The van der Waals surface area contributed by atoms with Crippen molar-refractivity contribution in [3.8, 4) is 23.2 Å². The van der Waals surface area contributed by atoms with E-state index in [-0.39, 0.29) is 12.6 Å². The number of ether oxygens (including phenoxy) is 1. The SMILES string of the molecule is Cn1cc(-c2ncc(C#Cc3cnc(N4CCN(c5ncccn5)[C@@H](COCCF)C4)nc3)cn2)cn1. The van der Waals surface area contributed by atoms with Crippen LogP contribution in [0.15, 0.2) is 55.6 Å². The van der Waals surface area contributed by atoms with Gasteiger partial charge in [0.05, 0.1) is 42.1 Å². The molecule has 1 fully saturated rings. The molecule has 0 spiro atoms. The fourth-order valence-corrected chi connectivity index (χ4v) is 3.93. The Morgan fingerprint density at radius 2 is 1.62 bits per heavy atom. The van der Waals surface area contributed by atoms with Crippen molar-refractivity contribution in [2.45, 2.75) is 6.04 Å². The van der Waals surface area contributed by atoms with Gasteiger partial charge in [-0.1, -0.05) is 11.8 Å². The Hall–Kier alpha value is -4.50. The molecule has 0 radical (unpaired) electrons. The number of piperazine rings is 1. The minimum absolute atomic E-state index is 0.0566. The Kier molecular flexibility index (Phi) is 7.52. The van der Waals surface area contributed by atoms with Crippen molar-refractivity contribution in [1.29, 1.82) is 0 Å². The van der Waals surface area contributed by atoms with Gasteiger partial charge in [0.1, 0.15) is 6.67 Å². The zero-order valence-electron chi connectivity index (χ0n) is 20.3. The number of nitrogens with zero attached hydrogens (tertiary/aromatic N) is 10. The fraction of sp³-hybridized carbons (Fsp3) is 0.320. The molecule has 0 aliphatic carbocycles. The minimum Gasteiger partial charge on any atom is -0.377 e. The maximum Gasteiger partial charge on any atom is 0.225 e. The van der Waals surface area contributed by atoms with Crippen molar-refractivity contribution in [1.82, 2.24) is 39.7 Å². The average molecular weight is 501 g/mol. The molecule has 0 aromatic carbocycles. The summed E-state index contributed by atoms with van der Waals surface area (Å²) in [6.45, 7) is 1.82. The lowest BCUT2D eigenvalue weighted by molar-refractivity contribution is 0.104. The number of aryl methyl sites for hydroxylation is 1. The molecule has 5 rings (SSSR count). The van der Waals surface area contributed by atoms with Crippen molar-refractivity contribution in [3.63, 3.8) is 0 Å². The van der Waals surface area contributed by atoms with Gasteiger partial charge in [0, 0.05) is 70.1 Å². The van der Waals surface area contributed by atoms with E-state index in [1.807, 2.05) is 13.2 Å². The van der Waals surface area contributed by atoms with Gasteiger partial charge in [0.2, 0.25) is 11.9 Å². The van der Waals surface area contributed by atoms with Crippen LogP contribution in [0.25, 0.3) is 11.4 Å². The van der Waals surface area contributed by atoms with E-state index in [2.05, 4.69) is 56.6 Å². The topological polar surface area (TPSA) is 111 Å². The maximum absolute atomic E-state index is 12.6. The minimum atomic E-state index is -0.523. The first kappa shape index (κ1) is 24.2. The first-order valence-electron chi connectivity index (χ1n) is 11.8. The van der Waals surface area contributed by atoms with E-state index in [1.165, 1.54) is 0 Å². The lowest BCUT2D eigenvalue weighted by Crippen LogP contribution is -2.56. The second kappa shape index (κ2) is 11.5. The van der Waals surface area contributed by atoms with E-state index in [0.717, 1.165) is 5.56 Å². The first-order chi connectivity index (χ1) is 18.2. The fourth-order valence-electron chi connectivity index (χ4n) is 3.93. The highest BCUT2D eigenvalue weighted by Crippen LogP contribution is 2.19. The highest BCUT2D eigenvalue weighted by molar-refractivity contribution is 5.52. The van der Waals surface area contributed by atoms with Crippen LogP contribution in [0, 0.1) is 11.8 Å². The Labute approximate surface area is 213 Å². The largest absolute Gasteiger partial charge is 0.377 e. The average Bonchev–Trinajstić information content (AvgIpc) is 3.39. The summed E-state index contributed by atoms with van der Waals surface area (Å²) >= 11 is 0. The predicted molar refractivity (Wildman–Crippen MR) is 134 cm³/mol. The van der Waals surface area contributed by atoms with Crippen LogP contribution >= 0.6 is 0 Å². The Bertz CT molecular complexity index is 1350. The van der Waals surface area contributed by atoms with Crippen LogP contribution in [0.2, 0.25) is 0 Å². The number of hydrogen-bond acceptors (Lipinski definition) is 10. The number of aromatic nitrogens is 8. The van der Waals surface area contributed by atoms with Crippen LogP contribution in [0.3, 0.4) is 0 Å². The third-order valence-corrected chi connectivity index (χ3v) is 5.71. The molecule has 1 aliphatic heterocycles. The number of anilines is 2. The molecule has 1 aliphatic rings. The smallest absolute Gasteiger partial charge is 0.225 e. The van der Waals surface area contributed by atoms with Crippen LogP contribution in [0.5, 0.6) is 0 Å². The molecule has 0 bridgehead atoms. The molecule has 188 valence electrons. The van der Waals surface area contributed by atoms with Crippen LogP contribution in [-0.4, -0.2) is 85.2 Å². The molecule has 0 amide bonds. The van der Waals surface area contributed by atoms with Crippen molar-refractivity contribution >= 4 is 11.9 Å². The van der Waals surface area contributed by atoms with E-state index in [9.17, 15) is 4.39 Å². The molecule has 0 N–H and O–H groups in total. The summed E-state index contributed by atoms with van der Waals surface area (Å²) < 4.78 is 19.8. The van der Waals surface area contributed by atoms with Crippen molar-refractivity contribution in [2.24, 2.45) is 7.05 Å². The summed E-state index contributed by atoms with van der Waals surface area (Å²) in [6, 6.07) is 1.71. The molecule has 1 atom stereocenters. The van der Waals surface area contributed by atoms with Gasteiger partial charge >= 0.3 is 0 Å². The first-order valence-corrected chi connectivity index (χ1v) is 11.8. The molecular formula is C25H25FN10O. The highest BCUT2D eigenvalue weighted by atomic mass is 19.1. The molecule has 0 saturated carbocycles. The Balaban J connectivity index is 1.24. The second-order valence-electron chi connectivity index (χ2n) is 8.33. The van der Waals surface area contributed by atoms with Crippen LogP contribution in [0.4, 0.5) is 16.3 Å². The zero-order valence-corrected chi connectivity index (χ0v) is 20.3. The lowest BCUT2D eigenvalue weighted by atomic mass is 10.2. The van der Waals surface area contributed by atoms with Crippen LogP contribution in [0.1, 0.15) is 11.1 Å². The van der Waals surface area contributed by atoms with Crippen LogP contribution in [-0.2, 0) is 11.8 Å². The standard InChI is InChI=1S/C25H25FN10O/c1-34-16-21(15-33-34)23-29-11-19(12-30-23)3-4-20-13-31-24(32-14-20)35-8-9-36(25-27-6-2-7-28-25)22(17-35)18-37-10-5-26/h2,6-7,11-16,22H,5,8-10,17-18H2,1H3/t22-/m1/s1. The van der Waals surface area contributed by atoms with Gasteiger partial charge < -0.3 is 14.5 Å². The van der Waals surface area contributed by atoms with Crippen LogP contribution < -0.4 is 9.80 Å². The van der Waals surface area contributed by atoms with E-state index < -0.39 is 6.67 Å². The summed E-state index contributed by atoms with van der Waals surface area (Å²) in [4.78, 5) is 30.6. The van der Waals surface area contributed by atoms with Gasteiger partial charge in [0.15, 0.2) is 5.82 Å². The number of rotatable bonds is 7. The second-order valence-corrected chi connectivity index (χ2v) is 8.33. The van der Waals surface area contributed by atoms with Crippen molar-refractivity contribution in [3.05, 3.63) is 66.8 Å². The van der Waals surface area contributed by atoms with E-state index in [4.69, 9.17) is 4.74 Å². The Morgan fingerprint density at radius 1 is 0.919 bits per heavy atom. The predicted octanol–water partition coefficient (Wildman–Crippen LogP) is 1.54. The van der Waals surface area contributed by atoms with Crippen molar-refractivity contribution < 1.29 is 9.13 Å². The quantitative estimate of drug-likeness (QED) is 0.274. The Morgan fingerprint density at radius 3 is 2.27 bits per heavy atom. The van der Waals surface area contributed by atoms with Gasteiger partial charge in [-0.2, -0.15) is 5.10 Å². The van der Waals surface area contributed by atoms with Gasteiger partial charge in [0.25, 0.3) is 0 Å². The molecule has 37 heavy (non-hydrogen) atoms. The molecule has 11 nitrogen and oxygen atoms in total. The third-order valence-electron chi connectivity index (χ3n) is 5.71. The monoisotopic (exact) mass is 500 g/mol. The van der Waals surface area contributed by atoms with Gasteiger partial charge in [-0.05, 0) is 6.07 Å². The summed E-state index contributed by atoms with van der Waals surface area (Å²) in [6.07, 6.45) is 13.7. The molecule has 4 aromatic heterocycles. The maximum atomic E-state index is 12.6. The van der Waals surface area contributed by atoms with Gasteiger partial charge in [-0.25, -0.2) is 34.3 Å². The summed E-state index contributed by atoms with van der Waals surface area (Å²) in [7, 11) is 1.85. The molecule has 0 unspecified atom stereocenters. The lowest BCUT2D eigenvalue weighted by Gasteiger charge is -2.41. The zero-order chi connectivity index (χ0) is 25.5. The number of alkyl halides is 1.